The lowest BCUT2D eigenvalue weighted by atomic mass is 10.1. The maximum atomic E-state index is 12.5. The molecule has 0 heterocycles. The fraction of sp³-hybridized carbons (Fsp3) is 0.500. The van der Waals surface area contributed by atoms with Crippen LogP contribution in [-0.4, -0.2) is 35.5 Å². The zero-order valence-corrected chi connectivity index (χ0v) is 12.6. The molecule has 0 unspecified atom stereocenters. The summed E-state index contributed by atoms with van der Waals surface area (Å²) in [6.45, 7) is 4.42. The summed E-state index contributed by atoms with van der Waals surface area (Å²) < 4.78 is 5.21. The van der Waals surface area contributed by atoms with Crippen LogP contribution in [0.3, 0.4) is 0 Å². The Kier molecular flexibility index (Phi) is 4.50. The van der Waals surface area contributed by atoms with Gasteiger partial charge in [-0.1, -0.05) is 12.1 Å². The fourth-order valence-electron chi connectivity index (χ4n) is 2.66. The molecule has 3 atom stereocenters. The molecule has 21 heavy (non-hydrogen) atoms. The number of benzene rings is 1. The van der Waals surface area contributed by atoms with Gasteiger partial charge in [-0.05, 0) is 38.0 Å². The van der Waals surface area contributed by atoms with Gasteiger partial charge in [-0.3, -0.25) is 9.59 Å². The lowest BCUT2D eigenvalue weighted by Gasteiger charge is -2.29. The molecular weight excluding hydrogens is 270 g/mol. The maximum absolute atomic E-state index is 12.5. The number of carbonyl (C=O) groups excluding carboxylic acids is 1. The topological polar surface area (TPSA) is 66.8 Å². The van der Waals surface area contributed by atoms with Gasteiger partial charge in [0.2, 0.25) is 5.91 Å². The number of carbonyl (C=O) groups is 2. The van der Waals surface area contributed by atoms with E-state index >= 15 is 0 Å². The van der Waals surface area contributed by atoms with Gasteiger partial charge in [-0.2, -0.15) is 0 Å². The fourth-order valence-corrected chi connectivity index (χ4v) is 2.66. The standard InChI is InChI=1S/C16H21NO4/c1-4-17(15(18)13-9-14(13)16(19)20)10(2)11-6-5-7-12(8-11)21-3/h5-8,10,13-14H,4,9H2,1-3H3,(H,19,20)/t10-,13-,14-/m1/s1. The predicted octanol–water partition coefficient (Wildman–Crippen LogP) is 2.33. The first-order valence-electron chi connectivity index (χ1n) is 7.16. The number of methoxy groups -OCH3 is 1. The van der Waals surface area contributed by atoms with Gasteiger partial charge in [0, 0.05) is 6.54 Å². The second-order valence-corrected chi connectivity index (χ2v) is 5.36. The summed E-state index contributed by atoms with van der Waals surface area (Å²) in [6.07, 6.45) is 0.454. The molecule has 0 saturated heterocycles. The monoisotopic (exact) mass is 291 g/mol. The van der Waals surface area contributed by atoms with Crippen LogP contribution in [0.15, 0.2) is 24.3 Å². The first-order valence-corrected chi connectivity index (χ1v) is 7.16. The summed E-state index contributed by atoms with van der Waals surface area (Å²) in [5, 5.41) is 8.96. The Labute approximate surface area is 124 Å². The number of hydrogen-bond donors (Lipinski definition) is 1. The van der Waals surface area contributed by atoms with E-state index < -0.39 is 11.9 Å². The van der Waals surface area contributed by atoms with Crippen LogP contribution in [0.4, 0.5) is 0 Å². The first kappa shape index (κ1) is 15.4. The van der Waals surface area contributed by atoms with Gasteiger partial charge in [0.15, 0.2) is 0 Å². The molecule has 0 spiro atoms. The van der Waals surface area contributed by atoms with Gasteiger partial charge >= 0.3 is 5.97 Å². The Hall–Kier alpha value is -2.04. The van der Waals surface area contributed by atoms with E-state index in [4.69, 9.17) is 9.84 Å². The van der Waals surface area contributed by atoms with Gasteiger partial charge in [-0.25, -0.2) is 0 Å². The van der Waals surface area contributed by atoms with Gasteiger partial charge in [-0.15, -0.1) is 0 Å². The van der Waals surface area contributed by atoms with E-state index in [1.54, 1.807) is 12.0 Å². The number of hydrogen-bond acceptors (Lipinski definition) is 3. The average Bonchev–Trinajstić information content (AvgIpc) is 3.28. The minimum atomic E-state index is -0.876. The molecular formula is C16H21NO4. The van der Waals surface area contributed by atoms with Crippen molar-refractivity contribution < 1.29 is 19.4 Å². The molecule has 0 aromatic heterocycles. The van der Waals surface area contributed by atoms with Crippen molar-refractivity contribution in [3.05, 3.63) is 29.8 Å². The number of rotatable bonds is 6. The highest BCUT2D eigenvalue weighted by Crippen LogP contribution is 2.41. The molecule has 0 radical (unpaired) electrons. The number of carboxylic acid groups (broad SMARTS) is 1. The second-order valence-electron chi connectivity index (χ2n) is 5.36. The van der Waals surface area contributed by atoms with Crippen LogP contribution in [0, 0.1) is 11.8 Å². The highest BCUT2D eigenvalue weighted by atomic mass is 16.5. The molecule has 1 amide bonds. The molecule has 0 aliphatic heterocycles. The molecule has 5 nitrogen and oxygen atoms in total. The molecule has 2 rings (SSSR count). The van der Waals surface area contributed by atoms with E-state index in [0.717, 1.165) is 11.3 Å². The van der Waals surface area contributed by atoms with Crippen LogP contribution in [0.5, 0.6) is 5.75 Å². The predicted molar refractivity (Wildman–Crippen MR) is 78.0 cm³/mol. The van der Waals surface area contributed by atoms with Crippen LogP contribution >= 0.6 is 0 Å². The lowest BCUT2D eigenvalue weighted by Crippen LogP contribution is -2.35. The van der Waals surface area contributed by atoms with Crippen LogP contribution in [0.1, 0.15) is 31.9 Å². The number of carboxylic acids is 1. The third-order valence-electron chi connectivity index (χ3n) is 4.09. The molecule has 1 aliphatic rings. The Bertz CT molecular complexity index is 543. The van der Waals surface area contributed by atoms with Crippen molar-refractivity contribution in [2.24, 2.45) is 11.8 Å². The highest BCUT2D eigenvalue weighted by molar-refractivity contribution is 5.89. The summed E-state index contributed by atoms with van der Waals surface area (Å²) in [7, 11) is 1.61. The Morgan fingerprint density at radius 1 is 1.43 bits per heavy atom. The van der Waals surface area contributed by atoms with Crippen molar-refractivity contribution in [3.63, 3.8) is 0 Å². The second kappa shape index (κ2) is 6.16. The zero-order valence-electron chi connectivity index (χ0n) is 12.6. The smallest absolute Gasteiger partial charge is 0.307 e. The maximum Gasteiger partial charge on any atom is 0.307 e. The molecule has 0 bridgehead atoms. The summed E-state index contributed by atoms with van der Waals surface area (Å²) in [4.78, 5) is 25.1. The normalized spacial score (nSPS) is 21.5. The van der Waals surface area contributed by atoms with E-state index in [1.165, 1.54) is 0 Å². The van der Waals surface area contributed by atoms with E-state index in [9.17, 15) is 9.59 Å². The van der Waals surface area contributed by atoms with Crippen LogP contribution < -0.4 is 4.74 Å². The van der Waals surface area contributed by atoms with Crippen LogP contribution in [0.25, 0.3) is 0 Å². The van der Waals surface area contributed by atoms with Crippen molar-refractivity contribution in [2.75, 3.05) is 13.7 Å². The molecule has 5 heteroatoms. The third-order valence-corrected chi connectivity index (χ3v) is 4.09. The third kappa shape index (κ3) is 3.17. The number of aliphatic carboxylic acids is 1. The quantitative estimate of drug-likeness (QED) is 0.873. The van der Waals surface area contributed by atoms with Crippen LogP contribution in [0.2, 0.25) is 0 Å². The van der Waals surface area contributed by atoms with Gasteiger partial charge < -0.3 is 14.7 Å². The number of nitrogens with zero attached hydrogens (tertiary/aromatic N) is 1. The van der Waals surface area contributed by atoms with Crippen molar-refractivity contribution in [2.45, 2.75) is 26.3 Å². The van der Waals surface area contributed by atoms with Crippen molar-refractivity contribution in [1.29, 1.82) is 0 Å². The number of amides is 1. The summed E-state index contributed by atoms with van der Waals surface area (Å²) in [5.74, 6) is -1.07. The van der Waals surface area contributed by atoms with Gasteiger partial charge in [0.1, 0.15) is 5.75 Å². The zero-order chi connectivity index (χ0) is 15.6. The molecule has 1 aromatic rings. The summed E-state index contributed by atoms with van der Waals surface area (Å²) in [6, 6.07) is 7.50. The van der Waals surface area contributed by atoms with E-state index in [2.05, 4.69) is 0 Å². The summed E-state index contributed by atoms with van der Waals surface area (Å²) >= 11 is 0. The average molecular weight is 291 g/mol. The van der Waals surface area contributed by atoms with E-state index in [1.807, 2.05) is 38.1 Å². The van der Waals surface area contributed by atoms with Crippen molar-refractivity contribution in [3.8, 4) is 5.75 Å². The Morgan fingerprint density at radius 2 is 2.14 bits per heavy atom. The molecule has 114 valence electrons. The first-order chi connectivity index (χ1) is 9.99. The van der Waals surface area contributed by atoms with E-state index in [-0.39, 0.29) is 17.9 Å². The molecule has 1 saturated carbocycles. The van der Waals surface area contributed by atoms with Crippen molar-refractivity contribution >= 4 is 11.9 Å². The minimum absolute atomic E-state index is 0.0692. The molecule has 1 N–H and O–H groups in total. The Balaban J connectivity index is 2.13. The Morgan fingerprint density at radius 3 is 2.67 bits per heavy atom. The van der Waals surface area contributed by atoms with Crippen molar-refractivity contribution in [1.82, 2.24) is 4.90 Å². The van der Waals surface area contributed by atoms with Gasteiger partial charge in [0.05, 0.1) is 25.0 Å². The SMILES string of the molecule is CCN(C(=O)[C@@H]1C[C@H]1C(=O)O)[C@H](C)c1cccc(OC)c1. The van der Waals surface area contributed by atoms with Crippen LogP contribution in [-0.2, 0) is 9.59 Å². The van der Waals surface area contributed by atoms with E-state index in [0.29, 0.717) is 13.0 Å². The lowest BCUT2D eigenvalue weighted by molar-refractivity contribution is -0.142. The number of ether oxygens (including phenoxy) is 1. The highest BCUT2D eigenvalue weighted by Gasteiger charge is 2.50. The minimum Gasteiger partial charge on any atom is -0.497 e. The largest absolute Gasteiger partial charge is 0.497 e. The molecule has 1 fully saturated rings. The summed E-state index contributed by atoms with van der Waals surface area (Å²) in [5.41, 5.74) is 0.983. The van der Waals surface area contributed by atoms with Gasteiger partial charge in [0.25, 0.3) is 0 Å². The molecule has 1 aliphatic carbocycles. The molecule has 1 aromatic carbocycles.